The number of fused-ring (bicyclic) bond motifs is 1. The van der Waals surface area contributed by atoms with E-state index in [2.05, 4.69) is 5.32 Å². The molecule has 29 heavy (non-hydrogen) atoms. The molecule has 0 fully saturated rings. The minimum atomic E-state index is -0.545. The molecule has 1 aromatic heterocycles. The lowest BCUT2D eigenvalue weighted by Gasteiger charge is -2.12. The number of hydrogen-bond acceptors (Lipinski definition) is 4. The van der Waals surface area contributed by atoms with Crippen molar-refractivity contribution in [1.82, 2.24) is 0 Å². The molecule has 0 unspecified atom stereocenters. The Hall–Kier alpha value is -3.86. The zero-order valence-electron chi connectivity index (χ0n) is 16.1. The van der Waals surface area contributed by atoms with Crippen LogP contribution in [0.2, 0.25) is 0 Å². The van der Waals surface area contributed by atoms with Crippen molar-refractivity contribution in [2.24, 2.45) is 0 Å². The molecule has 1 heterocycles. The van der Waals surface area contributed by atoms with Gasteiger partial charge < -0.3 is 14.5 Å². The van der Waals surface area contributed by atoms with Gasteiger partial charge in [0.1, 0.15) is 5.75 Å². The number of methoxy groups -OCH3 is 1. The third-order valence-corrected chi connectivity index (χ3v) is 4.73. The molecule has 5 nitrogen and oxygen atoms in total. The monoisotopic (exact) mass is 385 g/mol. The summed E-state index contributed by atoms with van der Waals surface area (Å²) in [5, 5.41) is 3.90. The number of nitrogens with one attached hydrogen (secondary N) is 1. The molecular weight excluding hydrogens is 366 g/mol. The zero-order chi connectivity index (χ0) is 20.4. The van der Waals surface area contributed by atoms with E-state index in [1.165, 1.54) is 0 Å². The third kappa shape index (κ3) is 3.62. The van der Waals surface area contributed by atoms with E-state index in [9.17, 15) is 9.59 Å². The second kappa shape index (κ2) is 7.64. The van der Waals surface area contributed by atoms with Gasteiger partial charge in [-0.25, -0.2) is 4.79 Å². The third-order valence-electron chi connectivity index (χ3n) is 4.73. The number of amides is 1. The minimum Gasteiger partial charge on any atom is -0.497 e. The molecule has 0 saturated heterocycles. The number of ether oxygens (including phenoxy) is 1. The van der Waals surface area contributed by atoms with Gasteiger partial charge in [-0.05, 0) is 42.8 Å². The maximum atomic E-state index is 13.1. The Kier molecular flexibility index (Phi) is 4.87. The van der Waals surface area contributed by atoms with Gasteiger partial charge in [-0.2, -0.15) is 0 Å². The quantitative estimate of drug-likeness (QED) is 0.535. The van der Waals surface area contributed by atoms with E-state index in [0.29, 0.717) is 27.8 Å². The van der Waals surface area contributed by atoms with E-state index in [-0.39, 0.29) is 5.76 Å². The first-order valence-electron chi connectivity index (χ1n) is 9.15. The molecule has 0 bridgehead atoms. The maximum Gasteiger partial charge on any atom is 0.344 e. The molecule has 4 aromatic rings. The van der Waals surface area contributed by atoms with Crippen LogP contribution in [0.25, 0.3) is 21.9 Å². The van der Waals surface area contributed by atoms with Crippen molar-refractivity contribution in [3.05, 3.63) is 94.5 Å². The Morgan fingerprint density at radius 3 is 2.21 bits per heavy atom. The molecule has 4 rings (SSSR count). The van der Waals surface area contributed by atoms with Crippen molar-refractivity contribution < 1.29 is 13.9 Å². The van der Waals surface area contributed by atoms with Crippen LogP contribution in [0, 0.1) is 6.92 Å². The Morgan fingerprint density at radius 1 is 0.897 bits per heavy atom. The van der Waals surface area contributed by atoms with Gasteiger partial charge in [-0.3, -0.25) is 4.79 Å². The van der Waals surface area contributed by atoms with Crippen LogP contribution < -0.4 is 15.7 Å². The number of benzene rings is 3. The van der Waals surface area contributed by atoms with Crippen LogP contribution in [0.15, 0.2) is 82.0 Å². The highest BCUT2D eigenvalue weighted by Crippen LogP contribution is 2.31. The van der Waals surface area contributed by atoms with Gasteiger partial charge in [0.15, 0.2) is 0 Å². The molecule has 5 heteroatoms. The van der Waals surface area contributed by atoms with Gasteiger partial charge in [0.2, 0.25) is 5.76 Å². The van der Waals surface area contributed by atoms with E-state index in [0.717, 1.165) is 11.1 Å². The molecule has 3 aromatic carbocycles. The van der Waals surface area contributed by atoms with Crippen LogP contribution >= 0.6 is 0 Å². The Balaban J connectivity index is 1.86. The lowest BCUT2D eigenvalue weighted by atomic mass is 9.97. The number of carbonyl (C=O) groups is 1. The maximum absolute atomic E-state index is 13.1. The number of rotatable bonds is 4. The Bertz CT molecular complexity index is 1240. The normalized spacial score (nSPS) is 10.7. The number of hydrogen-bond donors (Lipinski definition) is 1. The van der Waals surface area contributed by atoms with Crippen molar-refractivity contribution >= 4 is 22.4 Å². The summed E-state index contributed by atoms with van der Waals surface area (Å²) in [6.07, 6.45) is 0. The summed E-state index contributed by atoms with van der Waals surface area (Å²) in [4.78, 5) is 25.6. The second-order valence-corrected chi connectivity index (χ2v) is 6.69. The molecule has 1 N–H and O–H groups in total. The largest absolute Gasteiger partial charge is 0.497 e. The topological polar surface area (TPSA) is 68.5 Å². The Labute approximate surface area is 167 Å². The molecule has 0 aliphatic heterocycles. The zero-order valence-corrected chi connectivity index (χ0v) is 16.1. The van der Waals surface area contributed by atoms with Crippen LogP contribution in [0.4, 0.5) is 5.69 Å². The lowest BCUT2D eigenvalue weighted by Crippen LogP contribution is -2.16. The van der Waals surface area contributed by atoms with E-state index >= 15 is 0 Å². The van der Waals surface area contributed by atoms with Gasteiger partial charge in [-0.15, -0.1) is 0 Å². The summed E-state index contributed by atoms with van der Waals surface area (Å²) >= 11 is 0. The molecule has 0 saturated carbocycles. The van der Waals surface area contributed by atoms with Gasteiger partial charge in [0.25, 0.3) is 5.91 Å². The fourth-order valence-electron chi connectivity index (χ4n) is 3.23. The average Bonchev–Trinajstić information content (AvgIpc) is 2.75. The minimum absolute atomic E-state index is 0.0200. The first-order valence-corrected chi connectivity index (χ1v) is 9.15. The predicted octanol–water partition coefficient (Wildman–Crippen LogP) is 5.03. The Morgan fingerprint density at radius 2 is 1.55 bits per heavy atom. The highest BCUT2D eigenvalue weighted by molar-refractivity contribution is 6.11. The number of carbonyl (C=O) groups excluding carboxylic acids is 1. The van der Waals surface area contributed by atoms with Crippen molar-refractivity contribution in [3.63, 3.8) is 0 Å². The van der Waals surface area contributed by atoms with Gasteiger partial charge >= 0.3 is 5.63 Å². The fourth-order valence-corrected chi connectivity index (χ4v) is 3.23. The number of anilines is 1. The van der Waals surface area contributed by atoms with E-state index < -0.39 is 11.5 Å². The average molecular weight is 385 g/mol. The van der Waals surface area contributed by atoms with E-state index in [4.69, 9.17) is 9.15 Å². The molecule has 1 amide bonds. The summed E-state index contributed by atoms with van der Waals surface area (Å²) in [6, 6.07) is 21.8. The fraction of sp³-hybridized carbons (Fsp3) is 0.0833. The van der Waals surface area contributed by atoms with Crippen molar-refractivity contribution in [2.45, 2.75) is 6.92 Å². The molecule has 0 spiro atoms. The smallest absolute Gasteiger partial charge is 0.344 e. The SMILES string of the molecule is COc1ccc(NC(=O)c2oc(=O)c3ccccc3c2-c2ccc(C)cc2)cc1. The summed E-state index contributed by atoms with van der Waals surface area (Å²) in [5.41, 5.74) is 2.51. The molecule has 0 aliphatic rings. The standard InChI is InChI=1S/C24H19NO4/c1-15-7-9-16(10-8-15)21-19-5-3-4-6-20(19)24(27)29-22(21)23(26)25-17-11-13-18(28-2)14-12-17/h3-14H,1-2H3,(H,25,26). The van der Waals surface area contributed by atoms with Crippen LogP contribution in [-0.2, 0) is 0 Å². The summed E-state index contributed by atoms with van der Waals surface area (Å²) in [6.45, 7) is 1.99. The van der Waals surface area contributed by atoms with Gasteiger partial charge in [0, 0.05) is 16.6 Å². The molecular formula is C24H19NO4. The molecule has 0 aliphatic carbocycles. The first-order chi connectivity index (χ1) is 14.1. The van der Waals surface area contributed by atoms with Crippen LogP contribution in [-0.4, -0.2) is 13.0 Å². The first kappa shape index (κ1) is 18.5. The highest BCUT2D eigenvalue weighted by Gasteiger charge is 2.21. The van der Waals surface area contributed by atoms with Crippen LogP contribution in [0.3, 0.4) is 0 Å². The van der Waals surface area contributed by atoms with Crippen molar-refractivity contribution in [3.8, 4) is 16.9 Å². The van der Waals surface area contributed by atoms with Crippen LogP contribution in [0.1, 0.15) is 16.1 Å². The summed E-state index contributed by atoms with van der Waals surface area (Å²) in [7, 11) is 1.57. The van der Waals surface area contributed by atoms with Gasteiger partial charge in [0.05, 0.1) is 12.5 Å². The molecule has 144 valence electrons. The predicted molar refractivity (Wildman–Crippen MR) is 114 cm³/mol. The van der Waals surface area contributed by atoms with Crippen molar-refractivity contribution in [1.29, 1.82) is 0 Å². The summed E-state index contributed by atoms with van der Waals surface area (Å²) < 4.78 is 10.6. The number of aryl methyl sites for hydroxylation is 1. The van der Waals surface area contributed by atoms with E-state index in [1.807, 2.05) is 43.3 Å². The molecule has 0 atom stereocenters. The van der Waals surface area contributed by atoms with Crippen molar-refractivity contribution in [2.75, 3.05) is 12.4 Å². The molecule has 0 radical (unpaired) electrons. The van der Waals surface area contributed by atoms with Gasteiger partial charge in [-0.1, -0.05) is 48.0 Å². The van der Waals surface area contributed by atoms with E-state index in [1.54, 1.807) is 43.5 Å². The second-order valence-electron chi connectivity index (χ2n) is 6.69. The summed E-state index contributed by atoms with van der Waals surface area (Å²) in [5.74, 6) is 0.169. The lowest BCUT2D eigenvalue weighted by molar-refractivity contribution is 0.0994. The highest BCUT2D eigenvalue weighted by atomic mass is 16.5. The van der Waals surface area contributed by atoms with Crippen LogP contribution in [0.5, 0.6) is 5.75 Å².